The predicted octanol–water partition coefficient (Wildman–Crippen LogP) is 4.96. The van der Waals surface area contributed by atoms with E-state index in [4.69, 9.17) is 9.47 Å². The summed E-state index contributed by atoms with van der Waals surface area (Å²) in [5.41, 5.74) is 1.47. The highest BCUT2D eigenvalue weighted by molar-refractivity contribution is 5.89. The van der Waals surface area contributed by atoms with E-state index in [0.29, 0.717) is 23.5 Å². The monoisotopic (exact) mass is 393 g/mol. The van der Waals surface area contributed by atoms with E-state index in [2.05, 4.69) is 12.2 Å². The number of amides is 1. The minimum atomic E-state index is -0.523. The first-order valence-electron chi connectivity index (χ1n) is 9.81. The van der Waals surface area contributed by atoms with Crippen LogP contribution in [-0.4, -0.2) is 25.2 Å². The number of phenols is 1. The first-order chi connectivity index (χ1) is 14.1. The molecule has 0 saturated heterocycles. The van der Waals surface area contributed by atoms with Crippen LogP contribution in [-0.2, 0) is 4.79 Å². The summed E-state index contributed by atoms with van der Waals surface area (Å²) in [5.74, 6) is 1.25. The van der Waals surface area contributed by atoms with Crippen molar-refractivity contribution in [1.29, 1.82) is 0 Å². The molecule has 0 bridgehead atoms. The SMILES string of the molecule is CCCCC(=O)N[C@@H](c1ccc(OC)c(OC)c1)c1c(O)ccc2ccccc12. The topological polar surface area (TPSA) is 67.8 Å². The molecule has 0 aliphatic carbocycles. The summed E-state index contributed by atoms with van der Waals surface area (Å²) < 4.78 is 10.8. The summed E-state index contributed by atoms with van der Waals surface area (Å²) in [6, 6.07) is 16.4. The van der Waals surface area contributed by atoms with Gasteiger partial charge < -0.3 is 19.9 Å². The van der Waals surface area contributed by atoms with Crippen LogP contribution in [0.3, 0.4) is 0 Å². The fourth-order valence-corrected chi connectivity index (χ4v) is 3.51. The summed E-state index contributed by atoms with van der Waals surface area (Å²) in [7, 11) is 3.16. The van der Waals surface area contributed by atoms with Crippen LogP contribution in [0.15, 0.2) is 54.6 Å². The molecule has 0 heterocycles. The minimum absolute atomic E-state index is 0.0565. The highest BCUT2D eigenvalue weighted by atomic mass is 16.5. The Morgan fingerprint density at radius 3 is 2.52 bits per heavy atom. The Morgan fingerprint density at radius 2 is 1.79 bits per heavy atom. The molecule has 3 rings (SSSR count). The molecule has 0 fully saturated rings. The molecule has 0 aromatic heterocycles. The molecule has 0 aliphatic heterocycles. The van der Waals surface area contributed by atoms with E-state index >= 15 is 0 Å². The van der Waals surface area contributed by atoms with Crippen LogP contribution in [0.5, 0.6) is 17.2 Å². The van der Waals surface area contributed by atoms with Gasteiger partial charge >= 0.3 is 0 Å². The zero-order chi connectivity index (χ0) is 20.8. The van der Waals surface area contributed by atoms with Crippen LogP contribution >= 0.6 is 0 Å². The number of hydrogen-bond acceptors (Lipinski definition) is 4. The highest BCUT2D eigenvalue weighted by Crippen LogP contribution is 2.38. The molecule has 0 saturated carbocycles. The molecule has 1 atom stereocenters. The number of phenolic OH excluding ortho intramolecular Hbond substituents is 1. The lowest BCUT2D eigenvalue weighted by Gasteiger charge is -2.23. The van der Waals surface area contributed by atoms with E-state index < -0.39 is 6.04 Å². The molecule has 1 amide bonds. The van der Waals surface area contributed by atoms with E-state index in [9.17, 15) is 9.90 Å². The second-order valence-electron chi connectivity index (χ2n) is 6.94. The Balaban J connectivity index is 2.15. The van der Waals surface area contributed by atoms with E-state index in [1.165, 1.54) is 0 Å². The number of carbonyl (C=O) groups is 1. The number of unbranched alkanes of at least 4 members (excludes halogenated alkanes) is 1. The van der Waals surface area contributed by atoms with Crippen molar-refractivity contribution < 1.29 is 19.4 Å². The van der Waals surface area contributed by atoms with Gasteiger partial charge in [0.1, 0.15) is 5.75 Å². The molecule has 29 heavy (non-hydrogen) atoms. The van der Waals surface area contributed by atoms with Crippen molar-refractivity contribution in [2.45, 2.75) is 32.2 Å². The number of benzene rings is 3. The lowest BCUT2D eigenvalue weighted by Crippen LogP contribution is -2.29. The van der Waals surface area contributed by atoms with E-state index in [-0.39, 0.29) is 11.7 Å². The molecular weight excluding hydrogens is 366 g/mol. The van der Waals surface area contributed by atoms with Crippen LogP contribution in [0.4, 0.5) is 0 Å². The average Bonchev–Trinajstić information content (AvgIpc) is 2.76. The molecule has 0 unspecified atom stereocenters. The van der Waals surface area contributed by atoms with Crippen LogP contribution in [0.1, 0.15) is 43.4 Å². The Kier molecular flexibility index (Phi) is 6.60. The zero-order valence-electron chi connectivity index (χ0n) is 17.1. The van der Waals surface area contributed by atoms with Gasteiger partial charge in [0.25, 0.3) is 0 Å². The Hall–Kier alpha value is -3.21. The van der Waals surface area contributed by atoms with Gasteiger partial charge in [0.15, 0.2) is 11.5 Å². The van der Waals surface area contributed by atoms with E-state index in [1.807, 2.05) is 48.5 Å². The number of aromatic hydroxyl groups is 1. The van der Waals surface area contributed by atoms with Crippen LogP contribution in [0.25, 0.3) is 10.8 Å². The Bertz CT molecular complexity index is 999. The van der Waals surface area contributed by atoms with Gasteiger partial charge in [-0.2, -0.15) is 0 Å². The summed E-state index contributed by atoms with van der Waals surface area (Å²) in [6.07, 6.45) is 2.19. The van der Waals surface area contributed by atoms with Crippen molar-refractivity contribution in [2.75, 3.05) is 14.2 Å². The van der Waals surface area contributed by atoms with Crippen molar-refractivity contribution in [2.24, 2.45) is 0 Å². The zero-order valence-corrected chi connectivity index (χ0v) is 17.1. The molecule has 0 spiro atoms. The second kappa shape index (κ2) is 9.32. The maximum Gasteiger partial charge on any atom is 0.220 e. The van der Waals surface area contributed by atoms with Gasteiger partial charge in [-0.1, -0.05) is 49.7 Å². The lowest BCUT2D eigenvalue weighted by atomic mass is 9.92. The Morgan fingerprint density at radius 1 is 1.03 bits per heavy atom. The van der Waals surface area contributed by atoms with Crippen molar-refractivity contribution in [3.05, 3.63) is 65.7 Å². The third kappa shape index (κ3) is 4.45. The number of fused-ring (bicyclic) bond motifs is 1. The standard InChI is InChI=1S/C24H27NO4/c1-4-5-10-22(27)25-24(17-12-14-20(28-2)21(15-17)29-3)23-18-9-7-6-8-16(18)11-13-19(23)26/h6-9,11-15,24,26H,4-5,10H2,1-3H3,(H,25,27)/t24-/m0/s1. The summed E-state index contributed by atoms with van der Waals surface area (Å²) in [4.78, 5) is 12.6. The van der Waals surface area contributed by atoms with Gasteiger partial charge in [0, 0.05) is 12.0 Å². The van der Waals surface area contributed by atoms with Crippen molar-refractivity contribution in [3.63, 3.8) is 0 Å². The number of ether oxygens (including phenoxy) is 2. The van der Waals surface area contributed by atoms with Crippen LogP contribution < -0.4 is 14.8 Å². The van der Waals surface area contributed by atoms with Crippen molar-refractivity contribution >= 4 is 16.7 Å². The largest absolute Gasteiger partial charge is 0.508 e. The number of rotatable bonds is 8. The summed E-state index contributed by atoms with van der Waals surface area (Å²) in [5, 5.41) is 15.7. The lowest BCUT2D eigenvalue weighted by molar-refractivity contribution is -0.121. The third-order valence-corrected chi connectivity index (χ3v) is 5.04. The maximum atomic E-state index is 12.6. The van der Waals surface area contributed by atoms with Gasteiger partial charge in [-0.25, -0.2) is 0 Å². The van der Waals surface area contributed by atoms with Gasteiger partial charge in [0.05, 0.1) is 20.3 Å². The maximum absolute atomic E-state index is 12.6. The molecule has 3 aromatic carbocycles. The Labute approximate surface area is 171 Å². The molecule has 5 nitrogen and oxygen atoms in total. The quantitative estimate of drug-likeness (QED) is 0.568. The highest BCUT2D eigenvalue weighted by Gasteiger charge is 2.23. The number of nitrogens with one attached hydrogen (secondary N) is 1. The van der Waals surface area contributed by atoms with Crippen LogP contribution in [0, 0.1) is 0 Å². The first-order valence-corrected chi connectivity index (χ1v) is 9.81. The first kappa shape index (κ1) is 20.5. The smallest absolute Gasteiger partial charge is 0.220 e. The molecular formula is C24H27NO4. The number of methoxy groups -OCH3 is 2. The number of hydrogen-bond donors (Lipinski definition) is 2. The van der Waals surface area contributed by atoms with Gasteiger partial charge in [-0.3, -0.25) is 4.79 Å². The van der Waals surface area contributed by atoms with Crippen LogP contribution in [0.2, 0.25) is 0 Å². The van der Waals surface area contributed by atoms with Crippen molar-refractivity contribution in [3.8, 4) is 17.2 Å². The van der Waals surface area contributed by atoms with Gasteiger partial charge in [-0.15, -0.1) is 0 Å². The molecule has 0 aliphatic rings. The summed E-state index contributed by atoms with van der Waals surface area (Å²) >= 11 is 0. The van der Waals surface area contributed by atoms with E-state index in [0.717, 1.165) is 29.2 Å². The molecule has 152 valence electrons. The predicted molar refractivity (Wildman–Crippen MR) is 115 cm³/mol. The average molecular weight is 393 g/mol. The fraction of sp³-hybridized carbons (Fsp3) is 0.292. The van der Waals surface area contributed by atoms with Gasteiger partial charge in [-0.05, 0) is 41.0 Å². The fourth-order valence-electron chi connectivity index (χ4n) is 3.51. The van der Waals surface area contributed by atoms with E-state index in [1.54, 1.807) is 20.3 Å². The second-order valence-corrected chi connectivity index (χ2v) is 6.94. The molecule has 5 heteroatoms. The third-order valence-electron chi connectivity index (χ3n) is 5.04. The number of carbonyl (C=O) groups excluding carboxylic acids is 1. The molecule has 0 radical (unpaired) electrons. The van der Waals surface area contributed by atoms with Gasteiger partial charge in [0.2, 0.25) is 5.91 Å². The molecule has 3 aromatic rings. The molecule has 2 N–H and O–H groups in total. The summed E-state index contributed by atoms with van der Waals surface area (Å²) in [6.45, 7) is 2.05. The van der Waals surface area contributed by atoms with Crippen molar-refractivity contribution in [1.82, 2.24) is 5.32 Å². The normalized spacial score (nSPS) is 11.8. The minimum Gasteiger partial charge on any atom is -0.508 e.